The number of halogens is 2. The van der Waals surface area contributed by atoms with Crippen LogP contribution >= 0.6 is 0 Å². The van der Waals surface area contributed by atoms with E-state index in [1.165, 1.54) is 6.07 Å². The maximum atomic E-state index is 14.3. The van der Waals surface area contributed by atoms with Gasteiger partial charge in [0.2, 0.25) is 11.9 Å². The summed E-state index contributed by atoms with van der Waals surface area (Å²) in [4.78, 5) is 22.1. The van der Waals surface area contributed by atoms with Crippen molar-refractivity contribution in [2.24, 2.45) is 0 Å². The zero-order chi connectivity index (χ0) is 19.4. The van der Waals surface area contributed by atoms with Crippen molar-refractivity contribution in [1.82, 2.24) is 14.9 Å². The minimum absolute atomic E-state index is 0.166. The molecule has 2 aromatic heterocycles. The van der Waals surface area contributed by atoms with E-state index >= 15 is 0 Å². The fourth-order valence-electron chi connectivity index (χ4n) is 4.32. The summed E-state index contributed by atoms with van der Waals surface area (Å²) < 4.78 is 27.5. The molecule has 1 aliphatic heterocycles. The molecule has 0 amide bonds. The van der Waals surface area contributed by atoms with E-state index in [4.69, 9.17) is 10.7 Å². The Bertz CT molecular complexity index is 1110. The molecule has 7 heteroatoms. The van der Waals surface area contributed by atoms with Gasteiger partial charge in [-0.2, -0.15) is 13.8 Å². The van der Waals surface area contributed by atoms with Crippen molar-refractivity contribution in [3.63, 3.8) is 0 Å². The highest BCUT2D eigenvalue weighted by atomic mass is 19.1. The number of pyridine rings is 2. The molecule has 1 aromatic carbocycles. The molecule has 28 heavy (non-hydrogen) atoms. The van der Waals surface area contributed by atoms with Gasteiger partial charge in [0.25, 0.3) is 0 Å². The summed E-state index contributed by atoms with van der Waals surface area (Å²) in [5.74, 6) is -1.77. The van der Waals surface area contributed by atoms with Crippen molar-refractivity contribution in [2.75, 3.05) is 5.73 Å². The Balaban J connectivity index is 1.71. The van der Waals surface area contributed by atoms with Gasteiger partial charge in [-0.25, -0.2) is 0 Å². The van der Waals surface area contributed by atoms with Gasteiger partial charge in [0.15, 0.2) is 0 Å². The van der Waals surface area contributed by atoms with Crippen LogP contribution in [0.15, 0.2) is 30.3 Å². The number of nitrogens with two attached hydrogens (primary N) is 1. The molecule has 5 nitrogen and oxygen atoms in total. The molecular formula is C21H18F2N4O. The van der Waals surface area contributed by atoms with Crippen LogP contribution in [0.4, 0.5) is 14.5 Å². The lowest BCUT2D eigenvalue weighted by Gasteiger charge is -2.36. The predicted octanol–water partition coefficient (Wildman–Crippen LogP) is 3.77. The van der Waals surface area contributed by atoms with E-state index in [1.807, 2.05) is 6.07 Å². The largest absolute Gasteiger partial charge is 0.398 e. The van der Waals surface area contributed by atoms with Crippen LogP contribution in [0.5, 0.6) is 0 Å². The SMILES string of the molecule is Nc1c2c(nc3c(-c4ccc(F)nc4F)cccc13)CN(C1CCC1)C2C=O. The molecule has 2 N–H and O–H groups in total. The summed E-state index contributed by atoms with van der Waals surface area (Å²) in [6.07, 6.45) is 4.22. The minimum Gasteiger partial charge on any atom is -0.398 e. The zero-order valence-electron chi connectivity index (χ0n) is 15.0. The van der Waals surface area contributed by atoms with Gasteiger partial charge in [-0.15, -0.1) is 0 Å². The average molecular weight is 380 g/mol. The van der Waals surface area contributed by atoms with Gasteiger partial charge >= 0.3 is 0 Å². The molecule has 0 spiro atoms. The predicted molar refractivity (Wildman–Crippen MR) is 101 cm³/mol. The maximum absolute atomic E-state index is 14.3. The van der Waals surface area contributed by atoms with Crippen LogP contribution in [0.25, 0.3) is 22.0 Å². The number of aldehydes is 1. The number of anilines is 1. The van der Waals surface area contributed by atoms with Crippen LogP contribution < -0.4 is 5.73 Å². The first-order valence-electron chi connectivity index (χ1n) is 9.33. The standard InChI is InChI=1S/C21H18F2N4O/c22-17-8-7-13(21(23)26-17)12-5-2-6-14-19(24)18-15(25-20(12)14)9-27(16(18)10-28)11-3-1-4-11/h2,5-8,10-11,16H,1,3-4,9H2,(H2,24,25). The van der Waals surface area contributed by atoms with Crippen molar-refractivity contribution in [1.29, 1.82) is 0 Å². The molecule has 3 aromatic rings. The van der Waals surface area contributed by atoms with Crippen LogP contribution in [-0.2, 0) is 11.3 Å². The molecule has 0 saturated heterocycles. The molecule has 2 aliphatic rings. The van der Waals surface area contributed by atoms with Crippen LogP contribution in [0.3, 0.4) is 0 Å². The molecule has 1 aliphatic carbocycles. The number of fused-ring (bicyclic) bond motifs is 2. The van der Waals surface area contributed by atoms with Crippen molar-refractivity contribution in [3.05, 3.63) is 53.5 Å². The molecule has 142 valence electrons. The first kappa shape index (κ1) is 17.2. The number of nitrogens with zero attached hydrogens (tertiary/aromatic N) is 3. The molecule has 3 heterocycles. The second-order valence-electron chi connectivity index (χ2n) is 7.40. The van der Waals surface area contributed by atoms with Gasteiger partial charge in [-0.1, -0.05) is 24.6 Å². The summed E-state index contributed by atoms with van der Waals surface area (Å²) in [5.41, 5.74) is 9.67. The summed E-state index contributed by atoms with van der Waals surface area (Å²) in [7, 11) is 0. The second-order valence-corrected chi connectivity index (χ2v) is 7.40. The number of nitrogen functional groups attached to an aromatic ring is 1. The smallest absolute Gasteiger partial charge is 0.223 e. The van der Waals surface area contributed by atoms with Gasteiger partial charge < -0.3 is 10.5 Å². The number of para-hydroxylation sites is 1. The van der Waals surface area contributed by atoms with Gasteiger partial charge in [0.05, 0.1) is 17.3 Å². The number of hydrogen-bond acceptors (Lipinski definition) is 5. The highest BCUT2D eigenvalue weighted by Gasteiger charge is 2.39. The summed E-state index contributed by atoms with van der Waals surface area (Å²) in [6, 6.07) is 7.72. The average Bonchev–Trinajstić information content (AvgIpc) is 2.98. The Morgan fingerprint density at radius 2 is 1.93 bits per heavy atom. The van der Waals surface area contributed by atoms with Crippen LogP contribution in [0.1, 0.15) is 36.6 Å². The van der Waals surface area contributed by atoms with Gasteiger partial charge in [-0.3, -0.25) is 9.88 Å². The molecular weight excluding hydrogens is 362 g/mol. The van der Waals surface area contributed by atoms with E-state index in [2.05, 4.69) is 9.88 Å². The number of carbonyl (C=O) groups is 1. The molecule has 1 fully saturated rings. The first-order chi connectivity index (χ1) is 13.6. The van der Waals surface area contributed by atoms with Crippen molar-refractivity contribution in [3.8, 4) is 11.1 Å². The van der Waals surface area contributed by atoms with Crippen molar-refractivity contribution >= 4 is 22.9 Å². The molecule has 0 bridgehead atoms. The zero-order valence-corrected chi connectivity index (χ0v) is 15.0. The van der Waals surface area contributed by atoms with Crippen LogP contribution in [-0.4, -0.2) is 27.2 Å². The van der Waals surface area contributed by atoms with Crippen molar-refractivity contribution in [2.45, 2.75) is 37.9 Å². The number of aromatic nitrogens is 2. The fraction of sp³-hybridized carbons (Fsp3) is 0.286. The topological polar surface area (TPSA) is 72.1 Å². The quantitative estimate of drug-likeness (QED) is 0.553. The Morgan fingerprint density at radius 3 is 2.61 bits per heavy atom. The Hall–Kier alpha value is -2.93. The fourth-order valence-corrected chi connectivity index (χ4v) is 4.32. The number of rotatable bonds is 3. The van der Waals surface area contributed by atoms with Gasteiger partial charge in [0, 0.05) is 40.4 Å². The second kappa shape index (κ2) is 6.31. The molecule has 1 atom stereocenters. The van der Waals surface area contributed by atoms with E-state index in [1.54, 1.807) is 12.1 Å². The monoisotopic (exact) mass is 380 g/mol. The van der Waals surface area contributed by atoms with Crippen LogP contribution in [0, 0.1) is 11.9 Å². The third-order valence-corrected chi connectivity index (χ3v) is 5.94. The maximum Gasteiger partial charge on any atom is 0.223 e. The summed E-state index contributed by atoms with van der Waals surface area (Å²) in [6.45, 7) is 0.544. The Kier molecular flexibility index (Phi) is 3.87. The van der Waals surface area contributed by atoms with E-state index in [9.17, 15) is 13.6 Å². The van der Waals surface area contributed by atoms with E-state index in [0.717, 1.165) is 42.9 Å². The van der Waals surface area contributed by atoms with E-state index < -0.39 is 17.9 Å². The summed E-state index contributed by atoms with van der Waals surface area (Å²) in [5, 5.41) is 0.655. The van der Waals surface area contributed by atoms with Crippen LogP contribution in [0.2, 0.25) is 0 Å². The summed E-state index contributed by atoms with van der Waals surface area (Å²) >= 11 is 0. The van der Waals surface area contributed by atoms with Gasteiger partial charge in [0.1, 0.15) is 6.29 Å². The highest BCUT2D eigenvalue weighted by molar-refractivity contribution is 6.01. The Labute approximate surface area is 160 Å². The molecule has 0 radical (unpaired) electrons. The number of benzene rings is 1. The lowest BCUT2D eigenvalue weighted by molar-refractivity contribution is -0.113. The lowest BCUT2D eigenvalue weighted by atomic mass is 9.90. The normalized spacial score (nSPS) is 19.6. The lowest BCUT2D eigenvalue weighted by Crippen LogP contribution is -2.39. The number of hydrogen-bond donors (Lipinski definition) is 1. The molecule has 1 saturated carbocycles. The Morgan fingerprint density at radius 1 is 1.11 bits per heavy atom. The first-order valence-corrected chi connectivity index (χ1v) is 9.33. The van der Waals surface area contributed by atoms with E-state index in [-0.39, 0.29) is 5.56 Å². The molecule has 5 rings (SSSR count). The van der Waals surface area contributed by atoms with E-state index in [0.29, 0.717) is 34.7 Å². The van der Waals surface area contributed by atoms with Gasteiger partial charge in [-0.05, 0) is 25.0 Å². The number of carbonyl (C=O) groups excluding carboxylic acids is 1. The molecule has 1 unspecified atom stereocenters. The van der Waals surface area contributed by atoms with Crippen molar-refractivity contribution < 1.29 is 13.6 Å². The third kappa shape index (κ3) is 2.43. The highest BCUT2D eigenvalue weighted by Crippen LogP contribution is 2.44. The minimum atomic E-state index is -0.893. The third-order valence-electron chi connectivity index (χ3n) is 5.94.